The SMILES string of the molecule is CCCC[N]C(=O)Nc1cccc2ccccc12. The van der Waals surface area contributed by atoms with E-state index in [1.165, 1.54) is 0 Å². The normalized spacial score (nSPS) is 10.3. The van der Waals surface area contributed by atoms with E-state index < -0.39 is 0 Å². The van der Waals surface area contributed by atoms with E-state index in [2.05, 4.69) is 17.6 Å². The summed E-state index contributed by atoms with van der Waals surface area (Å²) in [7, 11) is 0. The summed E-state index contributed by atoms with van der Waals surface area (Å²) in [5.41, 5.74) is 0.818. The maximum absolute atomic E-state index is 11.7. The summed E-state index contributed by atoms with van der Waals surface area (Å²) in [6.07, 6.45) is 1.99. The van der Waals surface area contributed by atoms with Gasteiger partial charge < -0.3 is 5.32 Å². The Labute approximate surface area is 107 Å². The number of carbonyl (C=O) groups is 1. The molecule has 2 amide bonds. The van der Waals surface area contributed by atoms with Crippen molar-refractivity contribution in [2.45, 2.75) is 19.8 Å². The van der Waals surface area contributed by atoms with Crippen molar-refractivity contribution in [3.05, 3.63) is 42.5 Å². The van der Waals surface area contributed by atoms with Crippen LogP contribution in [0, 0.1) is 0 Å². The van der Waals surface area contributed by atoms with Crippen LogP contribution in [0.2, 0.25) is 0 Å². The van der Waals surface area contributed by atoms with E-state index in [-0.39, 0.29) is 6.03 Å². The predicted molar refractivity (Wildman–Crippen MR) is 74.9 cm³/mol. The van der Waals surface area contributed by atoms with Crippen LogP contribution in [-0.4, -0.2) is 12.6 Å². The minimum Gasteiger partial charge on any atom is -0.306 e. The molecule has 0 heterocycles. The number of urea groups is 1. The van der Waals surface area contributed by atoms with Crippen molar-refractivity contribution >= 4 is 22.5 Å². The molecule has 2 aromatic carbocycles. The van der Waals surface area contributed by atoms with Crippen molar-refractivity contribution in [2.75, 3.05) is 11.9 Å². The molecule has 0 unspecified atom stereocenters. The maximum atomic E-state index is 11.7. The molecule has 0 spiro atoms. The Morgan fingerprint density at radius 1 is 1.17 bits per heavy atom. The van der Waals surface area contributed by atoms with Crippen molar-refractivity contribution in [2.24, 2.45) is 0 Å². The first-order valence-corrected chi connectivity index (χ1v) is 6.27. The molecule has 0 aromatic heterocycles. The second-order valence-corrected chi connectivity index (χ2v) is 4.19. The van der Waals surface area contributed by atoms with Gasteiger partial charge in [-0.25, -0.2) is 10.1 Å². The number of rotatable bonds is 4. The molecule has 2 rings (SSSR count). The van der Waals surface area contributed by atoms with Gasteiger partial charge in [0, 0.05) is 11.9 Å². The number of nitrogens with one attached hydrogen (secondary N) is 1. The van der Waals surface area contributed by atoms with Crippen LogP contribution in [0.25, 0.3) is 10.8 Å². The van der Waals surface area contributed by atoms with Gasteiger partial charge in [0.2, 0.25) is 0 Å². The number of anilines is 1. The lowest BCUT2D eigenvalue weighted by molar-refractivity contribution is 0.251. The first-order chi connectivity index (χ1) is 8.81. The molecule has 0 aliphatic rings. The monoisotopic (exact) mass is 241 g/mol. The molecule has 0 saturated carbocycles. The largest absolute Gasteiger partial charge is 0.340 e. The summed E-state index contributed by atoms with van der Waals surface area (Å²) in [6, 6.07) is 13.6. The Bertz CT molecular complexity index is 532. The van der Waals surface area contributed by atoms with Gasteiger partial charge in [0.05, 0.1) is 5.69 Å². The minimum absolute atomic E-state index is 0.264. The van der Waals surface area contributed by atoms with Crippen molar-refractivity contribution in [3.8, 4) is 0 Å². The second kappa shape index (κ2) is 6.05. The zero-order valence-electron chi connectivity index (χ0n) is 10.5. The lowest BCUT2D eigenvalue weighted by atomic mass is 10.1. The topological polar surface area (TPSA) is 43.2 Å². The van der Waals surface area contributed by atoms with Crippen LogP contribution in [0.3, 0.4) is 0 Å². The Balaban J connectivity index is 2.09. The molecule has 2 aromatic rings. The summed E-state index contributed by atoms with van der Waals surface area (Å²) in [5, 5.41) is 8.96. The first-order valence-electron chi connectivity index (χ1n) is 6.27. The zero-order valence-corrected chi connectivity index (χ0v) is 10.5. The third kappa shape index (κ3) is 3.00. The number of amides is 2. The van der Waals surface area contributed by atoms with Crippen LogP contribution in [0.5, 0.6) is 0 Å². The zero-order chi connectivity index (χ0) is 12.8. The Morgan fingerprint density at radius 2 is 1.94 bits per heavy atom. The molecule has 1 N–H and O–H groups in total. The van der Waals surface area contributed by atoms with Crippen LogP contribution in [-0.2, 0) is 0 Å². The van der Waals surface area contributed by atoms with Gasteiger partial charge in [-0.1, -0.05) is 49.7 Å². The number of nitrogens with zero attached hydrogens (tertiary/aromatic N) is 1. The second-order valence-electron chi connectivity index (χ2n) is 4.19. The number of hydrogen-bond acceptors (Lipinski definition) is 1. The Hall–Kier alpha value is -2.03. The summed E-state index contributed by atoms with van der Waals surface area (Å²) in [4.78, 5) is 11.7. The summed E-state index contributed by atoms with van der Waals surface area (Å²) in [6.45, 7) is 2.67. The third-order valence-electron chi connectivity index (χ3n) is 2.80. The van der Waals surface area contributed by atoms with Crippen molar-refractivity contribution in [1.29, 1.82) is 0 Å². The van der Waals surface area contributed by atoms with Crippen molar-refractivity contribution in [1.82, 2.24) is 5.32 Å². The van der Waals surface area contributed by atoms with Gasteiger partial charge in [-0.3, -0.25) is 0 Å². The van der Waals surface area contributed by atoms with E-state index >= 15 is 0 Å². The van der Waals surface area contributed by atoms with Gasteiger partial charge in [-0.15, -0.1) is 0 Å². The molecule has 3 nitrogen and oxygen atoms in total. The lowest BCUT2D eigenvalue weighted by Gasteiger charge is -2.08. The van der Waals surface area contributed by atoms with E-state index in [1.54, 1.807) is 0 Å². The predicted octanol–water partition coefficient (Wildman–Crippen LogP) is 3.78. The smallest absolute Gasteiger partial charge is 0.306 e. The van der Waals surface area contributed by atoms with Gasteiger partial charge >= 0.3 is 6.03 Å². The quantitative estimate of drug-likeness (QED) is 0.813. The van der Waals surface area contributed by atoms with E-state index in [0.717, 1.165) is 29.3 Å². The number of fused-ring (bicyclic) bond motifs is 1. The molecule has 3 heteroatoms. The molecule has 0 aliphatic carbocycles. The molecule has 1 radical (unpaired) electrons. The van der Waals surface area contributed by atoms with E-state index in [9.17, 15) is 4.79 Å². The minimum atomic E-state index is -0.264. The highest BCUT2D eigenvalue weighted by atomic mass is 16.2. The van der Waals surface area contributed by atoms with Crippen molar-refractivity contribution in [3.63, 3.8) is 0 Å². The van der Waals surface area contributed by atoms with Gasteiger partial charge in [0.25, 0.3) is 0 Å². The lowest BCUT2D eigenvalue weighted by Crippen LogP contribution is -2.23. The fourth-order valence-corrected chi connectivity index (χ4v) is 1.83. The summed E-state index contributed by atoms with van der Waals surface area (Å²) >= 11 is 0. The van der Waals surface area contributed by atoms with Crippen LogP contribution < -0.4 is 10.6 Å². The highest BCUT2D eigenvalue weighted by Gasteiger charge is 2.05. The fourth-order valence-electron chi connectivity index (χ4n) is 1.83. The summed E-state index contributed by atoms with van der Waals surface area (Å²) in [5.74, 6) is 0. The highest BCUT2D eigenvalue weighted by Crippen LogP contribution is 2.22. The van der Waals surface area contributed by atoms with Gasteiger partial charge in [-0.2, -0.15) is 0 Å². The Morgan fingerprint density at radius 3 is 2.78 bits per heavy atom. The van der Waals surface area contributed by atoms with Crippen molar-refractivity contribution < 1.29 is 4.79 Å². The Kier molecular flexibility index (Phi) is 4.18. The van der Waals surface area contributed by atoms with E-state index in [4.69, 9.17) is 0 Å². The molecule has 0 atom stereocenters. The van der Waals surface area contributed by atoms with Crippen LogP contribution in [0.15, 0.2) is 42.5 Å². The molecule has 18 heavy (non-hydrogen) atoms. The number of hydrogen-bond donors (Lipinski definition) is 1. The third-order valence-corrected chi connectivity index (χ3v) is 2.80. The number of benzene rings is 2. The van der Waals surface area contributed by atoms with E-state index in [0.29, 0.717) is 6.54 Å². The average Bonchev–Trinajstić information content (AvgIpc) is 2.39. The molecule has 0 bridgehead atoms. The highest BCUT2D eigenvalue weighted by molar-refractivity contribution is 6.01. The molecule has 93 valence electrons. The first kappa shape index (κ1) is 12.4. The van der Waals surface area contributed by atoms with Crippen LogP contribution >= 0.6 is 0 Å². The maximum Gasteiger partial charge on any atom is 0.340 e. The van der Waals surface area contributed by atoms with Gasteiger partial charge in [0.1, 0.15) is 0 Å². The molecular formula is C15H17N2O. The number of unbranched alkanes of at least 4 members (excludes halogenated alkanes) is 1. The summed E-state index contributed by atoms with van der Waals surface area (Å²) < 4.78 is 0. The molecular weight excluding hydrogens is 224 g/mol. The van der Waals surface area contributed by atoms with Gasteiger partial charge in [-0.05, 0) is 17.9 Å². The standard InChI is InChI=1S/C15H17N2O/c1-2-3-11-16-15(18)17-14-10-6-8-12-7-4-5-9-13(12)14/h4-10H,2-3,11H2,1H3,(H,17,18). The average molecular weight is 241 g/mol. The number of carbonyl (C=O) groups excluding carboxylic acids is 1. The van der Waals surface area contributed by atoms with Crippen LogP contribution in [0.4, 0.5) is 10.5 Å². The molecule has 0 fully saturated rings. The molecule has 0 aliphatic heterocycles. The van der Waals surface area contributed by atoms with Gasteiger partial charge in [0.15, 0.2) is 0 Å². The van der Waals surface area contributed by atoms with Crippen LogP contribution in [0.1, 0.15) is 19.8 Å². The molecule has 0 saturated heterocycles. The fraction of sp³-hybridized carbons (Fsp3) is 0.267. The van der Waals surface area contributed by atoms with E-state index in [1.807, 2.05) is 42.5 Å².